The van der Waals surface area contributed by atoms with Crippen LogP contribution >= 0.6 is 0 Å². The minimum Gasteiger partial charge on any atom is -0.459 e. The lowest BCUT2D eigenvalue weighted by Crippen LogP contribution is -2.32. The number of carbonyl (C=O) groups is 1. The molecule has 0 saturated heterocycles. The van der Waals surface area contributed by atoms with Crippen LogP contribution in [-0.4, -0.2) is 26.6 Å². The number of hydrogen-bond donors (Lipinski definition) is 1. The van der Waals surface area contributed by atoms with Crippen LogP contribution in [0, 0.1) is 0 Å². The lowest BCUT2D eigenvalue weighted by Gasteiger charge is -2.09. The zero-order valence-corrected chi connectivity index (χ0v) is 15.0. The second-order valence-corrected chi connectivity index (χ2v) is 6.38. The highest BCUT2D eigenvalue weighted by molar-refractivity contribution is 5.77. The first-order valence-electron chi connectivity index (χ1n) is 8.91. The summed E-state index contributed by atoms with van der Waals surface area (Å²) >= 11 is 0. The van der Waals surface area contributed by atoms with Crippen molar-refractivity contribution >= 4 is 27.8 Å². The van der Waals surface area contributed by atoms with E-state index in [1.54, 1.807) is 36.5 Å². The predicted octanol–water partition coefficient (Wildman–Crippen LogP) is 1.51. The fraction of sp³-hybridized carbons (Fsp3) is 0.200. The third-order valence-electron chi connectivity index (χ3n) is 4.57. The summed E-state index contributed by atoms with van der Waals surface area (Å²) in [7, 11) is 0. The van der Waals surface area contributed by atoms with E-state index in [4.69, 9.17) is 4.42 Å². The summed E-state index contributed by atoms with van der Waals surface area (Å²) in [5.41, 5.74) is 0.534. The number of pyridine rings is 1. The Balaban J connectivity index is 1.33. The van der Waals surface area contributed by atoms with Gasteiger partial charge in [0.15, 0.2) is 5.58 Å². The van der Waals surface area contributed by atoms with Crippen molar-refractivity contribution in [1.82, 2.24) is 19.4 Å². The fourth-order valence-corrected chi connectivity index (χ4v) is 3.06. The maximum Gasteiger partial charge on any atom is 0.294 e. The summed E-state index contributed by atoms with van der Waals surface area (Å²) in [6.07, 6.45) is 4.75. The molecule has 28 heavy (non-hydrogen) atoms. The zero-order chi connectivity index (χ0) is 19.5. The van der Waals surface area contributed by atoms with E-state index in [0.717, 1.165) is 5.39 Å². The molecule has 4 aromatic rings. The Morgan fingerprint density at radius 2 is 1.89 bits per heavy atom. The molecule has 1 aromatic carbocycles. The highest BCUT2D eigenvalue weighted by atomic mass is 16.3. The second kappa shape index (κ2) is 7.51. The van der Waals surface area contributed by atoms with Gasteiger partial charge in [0.2, 0.25) is 5.91 Å². The van der Waals surface area contributed by atoms with Crippen molar-refractivity contribution in [3.63, 3.8) is 0 Å². The maximum absolute atomic E-state index is 12.4. The van der Waals surface area contributed by atoms with Crippen LogP contribution in [0.25, 0.3) is 21.9 Å². The van der Waals surface area contributed by atoms with Crippen LogP contribution in [0.4, 0.5) is 0 Å². The Bertz CT molecular complexity index is 1270. The van der Waals surface area contributed by atoms with Crippen LogP contribution in [-0.2, 0) is 17.9 Å². The molecule has 0 saturated carbocycles. The lowest BCUT2D eigenvalue weighted by atomic mass is 10.2. The Kier molecular flexibility index (Phi) is 4.76. The Labute approximate surface area is 159 Å². The van der Waals surface area contributed by atoms with Crippen LogP contribution in [0.2, 0.25) is 0 Å². The van der Waals surface area contributed by atoms with Gasteiger partial charge < -0.3 is 14.3 Å². The third kappa shape index (κ3) is 3.44. The van der Waals surface area contributed by atoms with E-state index < -0.39 is 0 Å². The topological polar surface area (TPSA) is 99.1 Å². The SMILES string of the molecule is O=C(CCn1cnc2ccccc2c1=O)NCCn1ccc2ccoc2c1=O. The number of amides is 1. The Morgan fingerprint density at radius 1 is 1.04 bits per heavy atom. The van der Waals surface area contributed by atoms with E-state index in [1.165, 1.54) is 21.7 Å². The highest BCUT2D eigenvalue weighted by Crippen LogP contribution is 2.09. The molecule has 4 rings (SSSR count). The van der Waals surface area contributed by atoms with Crippen molar-refractivity contribution in [2.24, 2.45) is 0 Å². The number of carbonyl (C=O) groups excluding carboxylic acids is 1. The molecule has 0 aliphatic carbocycles. The number of aromatic nitrogens is 3. The van der Waals surface area contributed by atoms with Gasteiger partial charge in [-0.1, -0.05) is 12.1 Å². The molecule has 0 fully saturated rings. The minimum absolute atomic E-state index is 0.145. The molecule has 3 heterocycles. The molecule has 1 amide bonds. The van der Waals surface area contributed by atoms with Gasteiger partial charge in [-0.2, -0.15) is 0 Å². The van der Waals surface area contributed by atoms with Crippen molar-refractivity contribution < 1.29 is 9.21 Å². The number of nitrogens with one attached hydrogen (secondary N) is 1. The summed E-state index contributed by atoms with van der Waals surface area (Å²) in [6, 6.07) is 10.6. The predicted molar refractivity (Wildman–Crippen MR) is 104 cm³/mol. The van der Waals surface area contributed by atoms with E-state index in [-0.39, 0.29) is 30.0 Å². The number of nitrogens with zero attached hydrogens (tertiary/aromatic N) is 3. The van der Waals surface area contributed by atoms with Crippen molar-refractivity contribution in [3.8, 4) is 0 Å². The normalized spacial score (nSPS) is 11.1. The number of para-hydroxylation sites is 1. The van der Waals surface area contributed by atoms with Crippen LogP contribution in [0.3, 0.4) is 0 Å². The number of benzene rings is 1. The molecule has 0 unspecified atom stereocenters. The lowest BCUT2D eigenvalue weighted by molar-refractivity contribution is -0.121. The smallest absolute Gasteiger partial charge is 0.294 e. The number of fused-ring (bicyclic) bond motifs is 2. The summed E-state index contributed by atoms with van der Waals surface area (Å²) in [4.78, 5) is 41.0. The molecule has 0 aliphatic heterocycles. The first kappa shape index (κ1) is 17.7. The summed E-state index contributed by atoms with van der Waals surface area (Å²) < 4.78 is 8.10. The average molecular weight is 378 g/mol. The molecule has 0 radical (unpaired) electrons. The van der Waals surface area contributed by atoms with Crippen molar-refractivity contribution in [2.45, 2.75) is 19.5 Å². The molecule has 142 valence electrons. The van der Waals surface area contributed by atoms with Gasteiger partial charge in [-0.05, 0) is 24.3 Å². The molecule has 1 N–H and O–H groups in total. The van der Waals surface area contributed by atoms with Crippen molar-refractivity contribution in [3.05, 3.63) is 75.9 Å². The largest absolute Gasteiger partial charge is 0.459 e. The second-order valence-electron chi connectivity index (χ2n) is 6.38. The first-order valence-corrected chi connectivity index (χ1v) is 8.91. The van der Waals surface area contributed by atoms with E-state index in [0.29, 0.717) is 29.6 Å². The van der Waals surface area contributed by atoms with Gasteiger partial charge in [-0.25, -0.2) is 4.98 Å². The molecule has 0 aliphatic rings. The van der Waals surface area contributed by atoms with E-state index in [9.17, 15) is 14.4 Å². The molecule has 0 atom stereocenters. The summed E-state index contributed by atoms with van der Waals surface area (Å²) in [5, 5.41) is 4.04. The first-order chi connectivity index (χ1) is 13.6. The number of furan rings is 1. The van der Waals surface area contributed by atoms with Gasteiger partial charge in [-0.15, -0.1) is 0 Å². The highest BCUT2D eigenvalue weighted by Gasteiger charge is 2.08. The van der Waals surface area contributed by atoms with Crippen LogP contribution < -0.4 is 16.4 Å². The van der Waals surface area contributed by atoms with Gasteiger partial charge >= 0.3 is 0 Å². The van der Waals surface area contributed by atoms with Crippen LogP contribution in [0.5, 0.6) is 0 Å². The van der Waals surface area contributed by atoms with Crippen LogP contribution in [0.1, 0.15) is 6.42 Å². The monoisotopic (exact) mass is 378 g/mol. The quantitative estimate of drug-likeness (QED) is 0.548. The molecule has 8 heteroatoms. The van der Waals surface area contributed by atoms with Gasteiger partial charge in [0, 0.05) is 37.6 Å². The van der Waals surface area contributed by atoms with Crippen LogP contribution in [0.15, 0.2) is 69.2 Å². The zero-order valence-electron chi connectivity index (χ0n) is 15.0. The number of rotatable bonds is 6. The van der Waals surface area contributed by atoms with Gasteiger partial charge in [0.1, 0.15) is 0 Å². The molecular weight excluding hydrogens is 360 g/mol. The van der Waals surface area contributed by atoms with E-state index in [2.05, 4.69) is 10.3 Å². The Morgan fingerprint density at radius 3 is 2.79 bits per heavy atom. The molecule has 8 nitrogen and oxygen atoms in total. The average Bonchev–Trinajstić information content (AvgIpc) is 3.19. The maximum atomic E-state index is 12.4. The minimum atomic E-state index is -0.231. The standard InChI is InChI=1S/C20H18N4O4/c25-17(6-10-24-13-22-16-4-2-1-3-15(16)19(24)26)21-8-11-23-9-5-14-7-12-28-18(14)20(23)27/h1-5,7,9,12-13H,6,8,10-11H2,(H,21,25). The molecule has 0 spiro atoms. The molecular formula is C20H18N4O4. The van der Waals surface area contributed by atoms with Gasteiger partial charge in [0.25, 0.3) is 11.1 Å². The number of aryl methyl sites for hydroxylation is 1. The van der Waals surface area contributed by atoms with Crippen molar-refractivity contribution in [2.75, 3.05) is 6.54 Å². The van der Waals surface area contributed by atoms with E-state index >= 15 is 0 Å². The van der Waals surface area contributed by atoms with E-state index in [1.807, 2.05) is 6.07 Å². The molecule has 0 bridgehead atoms. The number of hydrogen-bond acceptors (Lipinski definition) is 5. The van der Waals surface area contributed by atoms with Crippen molar-refractivity contribution in [1.29, 1.82) is 0 Å². The van der Waals surface area contributed by atoms with Gasteiger partial charge in [-0.3, -0.25) is 19.0 Å². The third-order valence-corrected chi connectivity index (χ3v) is 4.57. The fourth-order valence-electron chi connectivity index (χ4n) is 3.06. The summed E-state index contributed by atoms with van der Waals surface area (Å²) in [6.45, 7) is 0.870. The Hall–Kier alpha value is -3.68. The van der Waals surface area contributed by atoms with Gasteiger partial charge in [0.05, 0.1) is 23.5 Å². The molecule has 3 aromatic heterocycles. The summed E-state index contributed by atoms with van der Waals surface area (Å²) in [5.74, 6) is -0.202.